The minimum atomic E-state index is -3.19. The molecule has 2 unspecified atom stereocenters. The number of hydrogen-bond donors (Lipinski definition) is 1. The van der Waals surface area contributed by atoms with E-state index in [1.165, 1.54) is 38.4 Å². The highest BCUT2D eigenvalue weighted by atomic mass is 32.2. The Morgan fingerprint density at radius 1 is 1.14 bits per heavy atom. The second-order valence-corrected chi connectivity index (χ2v) is 8.55. The molecule has 2 fully saturated rings. The molecular weight excluding hydrogens is 284 g/mol. The third-order valence-electron chi connectivity index (χ3n) is 5.06. The van der Waals surface area contributed by atoms with Crippen LogP contribution in [0.15, 0.2) is 23.1 Å². The van der Waals surface area contributed by atoms with Crippen molar-refractivity contribution in [1.29, 1.82) is 0 Å². The molecule has 0 radical (unpaired) electrons. The Kier molecular flexibility index (Phi) is 3.86. The number of rotatable bonds is 2. The second-order valence-electron chi connectivity index (χ2n) is 6.53. The molecule has 21 heavy (non-hydrogen) atoms. The summed E-state index contributed by atoms with van der Waals surface area (Å²) in [5, 5.41) is 0. The third kappa shape index (κ3) is 3.03. The fourth-order valence-electron chi connectivity index (χ4n) is 3.87. The quantitative estimate of drug-likeness (QED) is 0.853. The van der Waals surface area contributed by atoms with Gasteiger partial charge < -0.3 is 10.6 Å². The Morgan fingerprint density at radius 2 is 1.86 bits per heavy atom. The van der Waals surface area contributed by atoms with Crippen molar-refractivity contribution >= 4 is 21.2 Å². The molecule has 1 aliphatic carbocycles. The molecule has 0 aromatic heterocycles. The van der Waals surface area contributed by atoms with Crippen LogP contribution in [0.3, 0.4) is 0 Å². The summed E-state index contributed by atoms with van der Waals surface area (Å²) < 4.78 is 23.2. The van der Waals surface area contributed by atoms with E-state index >= 15 is 0 Å². The summed E-state index contributed by atoms with van der Waals surface area (Å²) in [6.45, 7) is 2.09. The van der Waals surface area contributed by atoms with Gasteiger partial charge in [0.25, 0.3) is 0 Å². The average Bonchev–Trinajstić information content (AvgIpc) is 2.45. The third-order valence-corrected chi connectivity index (χ3v) is 6.17. The minimum Gasteiger partial charge on any atom is -0.397 e. The topological polar surface area (TPSA) is 63.4 Å². The molecule has 2 atom stereocenters. The smallest absolute Gasteiger partial charge is 0.175 e. The van der Waals surface area contributed by atoms with Gasteiger partial charge in [0.1, 0.15) is 0 Å². The molecule has 3 rings (SSSR count). The monoisotopic (exact) mass is 308 g/mol. The number of nitrogen functional groups attached to an aromatic ring is 1. The summed E-state index contributed by atoms with van der Waals surface area (Å²) in [5.41, 5.74) is 7.68. The van der Waals surface area contributed by atoms with E-state index in [1.807, 2.05) is 6.07 Å². The number of nitrogens with zero attached hydrogens (tertiary/aromatic N) is 1. The van der Waals surface area contributed by atoms with Crippen LogP contribution in [0.1, 0.15) is 32.1 Å². The maximum Gasteiger partial charge on any atom is 0.175 e. The predicted octanol–water partition coefficient (Wildman–Crippen LogP) is 2.69. The first-order valence-electron chi connectivity index (χ1n) is 7.79. The summed E-state index contributed by atoms with van der Waals surface area (Å²) in [6.07, 6.45) is 7.88. The molecule has 1 aromatic carbocycles. The van der Waals surface area contributed by atoms with E-state index in [4.69, 9.17) is 5.73 Å². The summed E-state index contributed by atoms with van der Waals surface area (Å²) in [5.74, 6) is 1.66. The Bertz CT molecular complexity index is 627. The Morgan fingerprint density at radius 3 is 2.52 bits per heavy atom. The van der Waals surface area contributed by atoms with E-state index in [0.717, 1.165) is 30.6 Å². The van der Waals surface area contributed by atoms with Gasteiger partial charge in [0, 0.05) is 19.3 Å². The summed E-state index contributed by atoms with van der Waals surface area (Å²) in [7, 11) is -3.19. The minimum absolute atomic E-state index is 0.302. The molecule has 116 valence electrons. The number of nitrogens with two attached hydrogens (primary N) is 1. The second kappa shape index (κ2) is 5.52. The fraction of sp³-hybridized carbons (Fsp3) is 0.625. The molecule has 2 aliphatic rings. The average molecular weight is 308 g/mol. The van der Waals surface area contributed by atoms with Crippen LogP contribution in [0.5, 0.6) is 0 Å². The van der Waals surface area contributed by atoms with Crippen LogP contribution < -0.4 is 10.6 Å². The van der Waals surface area contributed by atoms with Crippen molar-refractivity contribution in [2.75, 3.05) is 30.0 Å². The molecule has 2 N–H and O–H groups in total. The molecular formula is C16H24N2O2S. The van der Waals surface area contributed by atoms with Gasteiger partial charge >= 0.3 is 0 Å². The van der Waals surface area contributed by atoms with Gasteiger partial charge in [0.15, 0.2) is 9.84 Å². The van der Waals surface area contributed by atoms with Crippen LogP contribution in [0.4, 0.5) is 11.4 Å². The van der Waals surface area contributed by atoms with E-state index < -0.39 is 9.84 Å². The van der Waals surface area contributed by atoms with E-state index in [0.29, 0.717) is 10.6 Å². The van der Waals surface area contributed by atoms with Crippen molar-refractivity contribution in [2.45, 2.75) is 37.0 Å². The SMILES string of the molecule is CS(=O)(=O)c1ccc(N2CCC3CCCCC3C2)c(N)c1. The van der Waals surface area contributed by atoms with Crippen molar-refractivity contribution in [3.8, 4) is 0 Å². The highest BCUT2D eigenvalue weighted by Gasteiger charge is 2.31. The van der Waals surface area contributed by atoms with Crippen LogP contribution >= 0.6 is 0 Å². The standard InChI is InChI=1S/C16H24N2O2S/c1-21(19,20)14-6-7-16(15(17)10-14)18-9-8-12-4-2-3-5-13(12)11-18/h6-7,10,12-13H,2-5,8-9,11,17H2,1H3. The lowest BCUT2D eigenvalue weighted by molar-refractivity contribution is 0.202. The first kappa shape index (κ1) is 14.7. The number of piperidine rings is 1. The lowest BCUT2D eigenvalue weighted by Gasteiger charge is -2.42. The molecule has 1 saturated carbocycles. The number of fused-ring (bicyclic) bond motifs is 1. The number of sulfone groups is 1. The molecule has 1 heterocycles. The molecule has 0 bridgehead atoms. The Hall–Kier alpha value is -1.23. The van der Waals surface area contributed by atoms with Gasteiger partial charge in [-0.2, -0.15) is 0 Å². The number of benzene rings is 1. The Balaban J connectivity index is 1.81. The zero-order valence-electron chi connectivity index (χ0n) is 12.6. The highest BCUT2D eigenvalue weighted by Crippen LogP contribution is 2.38. The van der Waals surface area contributed by atoms with Gasteiger partial charge in [0.2, 0.25) is 0 Å². The summed E-state index contributed by atoms with van der Waals surface area (Å²) >= 11 is 0. The largest absolute Gasteiger partial charge is 0.397 e. The molecule has 4 nitrogen and oxygen atoms in total. The molecule has 0 amide bonds. The Labute approximate surface area is 127 Å². The lowest BCUT2D eigenvalue weighted by Crippen LogP contribution is -2.42. The van der Waals surface area contributed by atoms with E-state index in [2.05, 4.69) is 4.90 Å². The first-order valence-corrected chi connectivity index (χ1v) is 9.69. The number of hydrogen-bond acceptors (Lipinski definition) is 4. The molecule has 1 aromatic rings. The van der Waals surface area contributed by atoms with Crippen LogP contribution in [-0.2, 0) is 9.84 Å². The first-order chi connectivity index (χ1) is 9.95. The maximum absolute atomic E-state index is 11.6. The van der Waals surface area contributed by atoms with Crippen molar-refractivity contribution in [2.24, 2.45) is 11.8 Å². The zero-order chi connectivity index (χ0) is 15.0. The van der Waals surface area contributed by atoms with Gasteiger partial charge in [-0.05, 0) is 42.9 Å². The van der Waals surface area contributed by atoms with Crippen LogP contribution in [0.25, 0.3) is 0 Å². The predicted molar refractivity (Wildman–Crippen MR) is 86.2 cm³/mol. The van der Waals surface area contributed by atoms with Gasteiger partial charge in [-0.3, -0.25) is 0 Å². The van der Waals surface area contributed by atoms with Crippen molar-refractivity contribution in [3.05, 3.63) is 18.2 Å². The van der Waals surface area contributed by atoms with Gasteiger partial charge in [0.05, 0.1) is 16.3 Å². The fourth-order valence-corrected chi connectivity index (χ4v) is 4.53. The van der Waals surface area contributed by atoms with E-state index in [-0.39, 0.29) is 0 Å². The van der Waals surface area contributed by atoms with Crippen LogP contribution in [0.2, 0.25) is 0 Å². The van der Waals surface area contributed by atoms with Crippen LogP contribution in [0, 0.1) is 11.8 Å². The zero-order valence-corrected chi connectivity index (χ0v) is 13.4. The summed E-state index contributed by atoms with van der Waals surface area (Å²) in [6, 6.07) is 5.14. The lowest BCUT2D eigenvalue weighted by atomic mass is 9.75. The molecule has 0 spiro atoms. The molecule has 1 aliphatic heterocycles. The highest BCUT2D eigenvalue weighted by molar-refractivity contribution is 7.90. The van der Waals surface area contributed by atoms with Gasteiger partial charge in [-0.1, -0.05) is 19.3 Å². The van der Waals surface area contributed by atoms with Crippen molar-refractivity contribution < 1.29 is 8.42 Å². The van der Waals surface area contributed by atoms with Gasteiger partial charge in [-0.15, -0.1) is 0 Å². The molecule has 1 saturated heterocycles. The molecule has 5 heteroatoms. The van der Waals surface area contributed by atoms with Gasteiger partial charge in [-0.25, -0.2) is 8.42 Å². The normalized spacial score (nSPS) is 26.4. The van der Waals surface area contributed by atoms with E-state index in [9.17, 15) is 8.42 Å². The van der Waals surface area contributed by atoms with Crippen LogP contribution in [-0.4, -0.2) is 27.8 Å². The summed E-state index contributed by atoms with van der Waals surface area (Å²) in [4.78, 5) is 2.64. The van der Waals surface area contributed by atoms with Crippen molar-refractivity contribution in [1.82, 2.24) is 0 Å². The van der Waals surface area contributed by atoms with Crippen molar-refractivity contribution in [3.63, 3.8) is 0 Å². The maximum atomic E-state index is 11.6. The van der Waals surface area contributed by atoms with E-state index in [1.54, 1.807) is 12.1 Å². The number of anilines is 2.